The maximum Gasteiger partial charge on any atom is 0.418 e. The van der Waals surface area contributed by atoms with E-state index in [1.807, 2.05) is 0 Å². The highest BCUT2D eigenvalue weighted by molar-refractivity contribution is 9.10. The van der Waals surface area contributed by atoms with Crippen molar-refractivity contribution < 1.29 is 15.9 Å². The van der Waals surface area contributed by atoms with Gasteiger partial charge >= 0.3 is 6.18 Å². The molecule has 0 radical (unpaired) electrons. The van der Waals surface area contributed by atoms with Crippen LogP contribution in [0.2, 0.25) is 0 Å². The molecule has 1 nitrogen and oxygen atoms in total. The molecule has 0 aliphatic heterocycles. The molecule has 1 aromatic rings. The van der Waals surface area contributed by atoms with E-state index in [4.69, 9.17) is 2.74 Å². The van der Waals surface area contributed by atoms with E-state index in [1.165, 1.54) is 0 Å². The van der Waals surface area contributed by atoms with Gasteiger partial charge in [0.25, 0.3) is 0 Å². The molecular formula is C7H5BrF3N. The largest absolute Gasteiger partial charge is 0.418 e. The van der Waals surface area contributed by atoms with Crippen LogP contribution in [0.1, 0.15) is 14.0 Å². The van der Waals surface area contributed by atoms with Crippen LogP contribution in [0, 0.1) is 6.92 Å². The lowest BCUT2D eigenvalue weighted by atomic mass is 10.2. The van der Waals surface area contributed by atoms with Gasteiger partial charge in [0, 0.05) is 16.3 Å². The van der Waals surface area contributed by atoms with Crippen molar-refractivity contribution in [3.05, 3.63) is 27.9 Å². The lowest BCUT2D eigenvalue weighted by Crippen LogP contribution is -2.08. The first-order valence-electron chi connectivity index (χ1n) is 3.95. The van der Waals surface area contributed by atoms with Crippen LogP contribution in [-0.4, -0.2) is 4.98 Å². The highest BCUT2D eigenvalue weighted by Crippen LogP contribution is 2.32. The summed E-state index contributed by atoms with van der Waals surface area (Å²) in [7, 11) is 0. The van der Waals surface area contributed by atoms with Crippen molar-refractivity contribution >= 4 is 15.9 Å². The van der Waals surface area contributed by atoms with E-state index in [0.29, 0.717) is 0 Å². The Balaban J connectivity index is 3.53. The molecule has 0 saturated carbocycles. The van der Waals surface area contributed by atoms with Gasteiger partial charge < -0.3 is 0 Å². The quantitative estimate of drug-likeness (QED) is 0.680. The zero-order chi connectivity index (χ0) is 11.1. The fourth-order valence-corrected chi connectivity index (χ4v) is 0.980. The molecular weight excluding hydrogens is 235 g/mol. The van der Waals surface area contributed by atoms with Gasteiger partial charge in [-0.2, -0.15) is 13.2 Å². The third-order valence-corrected chi connectivity index (χ3v) is 1.58. The number of hydrogen-bond acceptors (Lipinski definition) is 1. The second-order valence-electron chi connectivity index (χ2n) is 2.12. The van der Waals surface area contributed by atoms with Crippen molar-refractivity contribution in [3.8, 4) is 0 Å². The second-order valence-corrected chi connectivity index (χ2v) is 2.91. The summed E-state index contributed by atoms with van der Waals surface area (Å²) in [6, 6.07) is -0.741. The van der Waals surface area contributed by atoms with Crippen LogP contribution >= 0.6 is 15.9 Å². The van der Waals surface area contributed by atoms with Crippen molar-refractivity contribution in [1.82, 2.24) is 4.98 Å². The van der Waals surface area contributed by atoms with E-state index in [0.717, 1.165) is 6.92 Å². The van der Waals surface area contributed by atoms with Gasteiger partial charge in [0.2, 0.25) is 0 Å². The molecule has 1 aromatic heterocycles. The molecule has 1 heterocycles. The SMILES string of the molecule is [2H]c1nc(C)c(C(F)(F)F)c([2H])c1Br. The summed E-state index contributed by atoms with van der Waals surface area (Å²) in [5.74, 6) is 0. The van der Waals surface area contributed by atoms with Crippen molar-refractivity contribution in [1.29, 1.82) is 0 Å². The Hall–Kier alpha value is -0.580. The minimum atomic E-state index is -4.61. The van der Waals surface area contributed by atoms with Crippen LogP contribution in [0.25, 0.3) is 0 Å². The first-order valence-corrected chi connectivity index (χ1v) is 3.75. The Morgan fingerprint density at radius 2 is 2.17 bits per heavy atom. The molecule has 66 valence electrons. The molecule has 0 saturated heterocycles. The average Bonchev–Trinajstić information content (AvgIpc) is 1.97. The summed E-state index contributed by atoms with van der Waals surface area (Å²) in [5.41, 5.74) is -1.45. The van der Waals surface area contributed by atoms with E-state index in [1.54, 1.807) is 0 Å². The van der Waals surface area contributed by atoms with E-state index in [9.17, 15) is 13.2 Å². The molecule has 0 fully saturated rings. The normalized spacial score (nSPS) is 14.1. The van der Waals surface area contributed by atoms with Crippen molar-refractivity contribution in [2.45, 2.75) is 13.1 Å². The summed E-state index contributed by atoms with van der Waals surface area (Å²) in [6.07, 6.45) is -4.97. The minimum Gasteiger partial charge on any atom is -0.260 e. The van der Waals surface area contributed by atoms with Crippen molar-refractivity contribution in [2.75, 3.05) is 0 Å². The van der Waals surface area contributed by atoms with Gasteiger partial charge in [-0.15, -0.1) is 0 Å². The molecule has 1 rings (SSSR count). The number of aromatic nitrogens is 1. The molecule has 0 aliphatic carbocycles. The lowest BCUT2D eigenvalue weighted by Gasteiger charge is -2.08. The van der Waals surface area contributed by atoms with E-state index in [-0.39, 0.29) is 16.3 Å². The molecule has 5 heteroatoms. The van der Waals surface area contributed by atoms with Gasteiger partial charge in [-0.3, -0.25) is 4.98 Å². The lowest BCUT2D eigenvalue weighted by molar-refractivity contribution is -0.138. The van der Waals surface area contributed by atoms with Gasteiger partial charge in [-0.05, 0) is 28.9 Å². The maximum atomic E-state index is 12.4. The van der Waals surface area contributed by atoms with Gasteiger partial charge in [-0.1, -0.05) is 0 Å². The number of alkyl halides is 3. The first-order chi connectivity index (χ1) is 6.25. The molecule has 12 heavy (non-hydrogen) atoms. The minimum absolute atomic E-state index is 0.240. The van der Waals surface area contributed by atoms with Crippen molar-refractivity contribution in [2.24, 2.45) is 0 Å². The fraction of sp³-hybridized carbons (Fsp3) is 0.286. The Bertz CT molecular complexity index is 378. The van der Waals surface area contributed by atoms with Crippen LogP contribution in [0.5, 0.6) is 0 Å². The average molecular weight is 242 g/mol. The molecule has 0 atom stereocenters. The molecule has 0 bridgehead atoms. The van der Waals surface area contributed by atoms with Gasteiger partial charge in [0.05, 0.1) is 8.30 Å². The third kappa shape index (κ3) is 1.97. The summed E-state index contributed by atoms with van der Waals surface area (Å²) in [4.78, 5) is 3.38. The van der Waals surface area contributed by atoms with E-state index < -0.39 is 17.8 Å². The molecule has 0 spiro atoms. The zero-order valence-corrected chi connectivity index (χ0v) is 7.55. The predicted octanol–water partition coefficient (Wildman–Crippen LogP) is 3.17. The molecule has 0 amide bonds. The molecule has 0 aliphatic rings. The van der Waals surface area contributed by atoms with Gasteiger partial charge in [0.1, 0.15) is 0 Å². The van der Waals surface area contributed by atoms with Gasteiger partial charge in [-0.25, -0.2) is 0 Å². The van der Waals surface area contributed by atoms with Crippen LogP contribution in [0.15, 0.2) is 16.7 Å². The Morgan fingerprint density at radius 1 is 1.58 bits per heavy atom. The number of hydrogen-bond donors (Lipinski definition) is 0. The Kier molecular flexibility index (Phi) is 1.75. The van der Waals surface area contributed by atoms with E-state index >= 15 is 0 Å². The number of rotatable bonds is 0. The monoisotopic (exact) mass is 241 g/mol. The number of pyridine rings is 1. The van der Waals surface area contributed by atoms with E-state index in [2.05, 4.69) is 20.9 Å². The number of halogens is 4. The summed E-state index contributed by atoms with van der Waals surface area (Å²) in [5, 5.41) is 0. The maximum absolute atomic E-state index is 12.4. The van der Waals surface area contributed by atoms with Crippen LogP contribution < -0.4 is 0 Å². The first kappa shape index (κ1) is 6.88. The van der Waals surface area contributed by atoms with Crippen LogP contribution in [0.4, 0.5) is 13.2 Å². The number of aryl methyl sites for hydroxylation is 1. The van der Waals surface area contributed by atoms with Gasteiger partial charge in [0.15, 0.2) is 0 Å². The molecule has 0 N–H and O–H groups in total. The second kappa shape index (κ2) is 3.05. The Morgan fingerprint density at radius 3 is 2.67 bits per heavy atom. The molecule has 0 unspecified atom stereocenters. The Labute approximate surface area is 78.6 Å². The van der Waals surface area contributed by atoms with Crippen molar-refractivity contribution in [3.63, 3.8) is 0 Å². The molecule has 0 aromatic carbocycles. The summed E-state index contributed by atoms with van der Waals surface area (Å²) in [6.45, 7) is 1.13. The topological polar surface area (TPSA) is 12.9 Å². The highest BCUT2D eigenvalue weighted by Gasteiger charge is 2.32. The zero-order valence-electron chi connectivity index (χ0n) is 7.96. The fourth-order valence-electron chi connectivity index (χ4n) is 0.693. The number of nitrogens with zero attached hydrogens (tertiary/aromatic N) is 1. The van der Waals surface area contributed by atoms with Crippen LogP contribution in [-0.2, 0) is 6.18 Å². The third-order valence-electron chi connectivity index (χ3n) is 1.20. The van der Waals surface area contributed by atoms with Crippen LogP contribution in [0.3, 0.4) is 0 Å². The highest BCUT2D eigenvalue weighted by atomic mass is 79.9. The predicted molar refractivity (Wildman–Crippen MR) is 41.7 cm³/mol. The summed E-state index contributed by atoms with van der Waals surface area (Å²) >= 11 is 2.72. The summed E-state index contributed by atoms with van der Waals surface area (Å²) < 4.78 is 51.3. The standard InChI is InChI=1S/C7H5BrF3N/c1-4-6(7(9,10)11)2-5(8)3-12-4/h2-3H,1H3/i2D,3D. The smallest absolute Gasteiger partial charge is 0.260 e.